The Kier molecular flexibility index (Phi) is 5.86. The Morgan fingerprint density at radius 1 is 0.500 bits per heavy atom. The molecule has 0 spiro atoms. The molecule has 32 heavy (non-hydrogen) atoms. The van der Waals surface area contributed by atoms with Crippen LogP contribution in [0.2, 0.25) is 0 Å². The van der Waals surface area contributed by atoms with Gasteiger partial charge >= 0.3 is 0 Å². The number of ether oxygens (including phenoxy) is 2. The van der Waals surface area contributed by atoms with Crippen LogP contribution in [-0.2, 0) is 0 Å². The summed E-state index contributed by atoms with van der Waals surface area (Å²) in [4.78, 5) is 0. The summed E-state index contributed by atoms with van der Waals surface area (Å²) in [5, 5.41) is 0. The minimum Gasteiger partial charge on any atom is -0.496 e. The number of benzene rings is 4. The highest BCUT2D eigenvalue weighted by molar-refractivity contribution is 5.82. The summed E-state index contributed by atoms with van der Waals surface area (Å²) < 4.78 is 68.5. The van der Waals surface area contributed by atoms with Gasteiger partial charge in [0.25, 0.3) is 0 Å². The van der Waals surface area contributed by atoms with Crippen LogP contribution in [0.1, 0.15) is 0 Å². The van der Waals surface area contributed by atoms with E-state index >= 15 is 0 Å². The smallest absolute Gasteiger partial charge is 0.134 e. The standard InChI is InChI=1S/C26H18F4O2/c1-31-23-11-9-15(13-17(23)25-19(27)5-3-6-20(25)28)16-10-12-24(32-2)18(14-16)26-21(29)7-4-8-22(26)30/h3-14H,1-2H3. The first-order valence-electron chi connectivity index (χ1n) is 9.69. The Morgan fingerprint density at radius 3 is 1.16 bits per heavy atom. The molecule has 4 aromatic carbocycles. The van der Waals surface area contributed by atoms with Gasteiger partial charge < -0.3 is 9.47 Å². The van der Waals surface area contributed by atoms with E-state index in [9.17, 15) is 17.6 Å². The molecule has 0 radical (unpaired) electrons. The maximum Gasteiger partial charge on any atom is 0.134 e. The third-order valence-electron chi connectivity index (χ3n) is 5.20. The highest BCUT2D eigenvalue weighted by atomic mass is 19.1. The van der Waals surface area contributed by atoms with Gasteiger partial charge in [-0.15, -0.1) is 0 Å². The first kappa shape index (κ1) is 21.4. The number of halogens is 4. The lowest BCUT2D eigenvalue weighted by Crippen LogP contribution is -1.96. The van der Waals surface area contributed by atoms with E-state index in [4.69, 9.17) is 9.47 Å². The zero-order valence-electron chi connectivity index (χ0n) is 17.3. The van der Waals surface area contributed by atoms with Crippen LogP contribution in [0.15, 0.2) is 72.8 Å². The van der Waals surface area contributed by atoms with Gasteiger partial charge in [0.1, 0.15) is 34.8 Å². The molecule has 6 heteroatoms. The molecule has 0 aromatic heterocycles. The minimum absolute atomic E-state index is 0.218. The monoisotopic (exact) mass is 438 g/mol. The maximum atomic E-state index is 14.5. The zero-order chi connectivity index (χ0) is 22.8. The van der Waals surface area contributed by atoms with Gasteiger partial charge in [-0.2, -0.15) is 0 Å². The van der Waals surface area contributed by atoms with Crippen molar-refractivity contribution >= 4 is 0 Å². The van der Waals surface area contributed by atoms with Gasteiger partial charge in [-0.1, -0.05) is 24.3 Å². The second-order valence-corrected chi connectivity index (χ2v) is 7.02. The van der Waals surface area contributed by atoms with Crippen LogP contribution in [0, 0.1) is 23.3 Å². The molecule has 0 N–H and O–H groups in total. The molecule has 2 nitrogen and oxygen atoms in total. The lowest BCUT2D eigenvalue weighted by atomic mass is 9.94. The molecule has 0 unspecified atom stereocenters. The molecule has 0 heterocycles. The SMILES string of the molecule is COc1ccc(-c2ccc(OC)c(-c3c(F)cccc3F)c2)cc1-c1c(F)cccc1F. The van der Waals surface area contributed by atoms with Crippen LogP contribution >= 0.6 is 0 Å². The van der Waals surface area contributed by atoms with Crippen LogP contribution < -0.4 is 9.47 Å². The summed E-state index contributed by atoms with van der Waals surface area (Å²) in [5.74, 6) is -2.36. The third-order valence-corrected chi connectivity index (χ3v) is 5.20. The van der Waals surface area contributed by atoms with Crippen LogP contribution in [0.4, 0.5) is 17.6 Å². The van der Waals surface area contributed by atoms with Gasteiger partial charge in [-0.3, -0.25) is 0 Å². The Hall–Kier alpha value is -3.80. The van der Waals surface area contributed by atoms with Gasteiger partial charge in [0, 0.05) is 11.1 Å². The highest BCUT2D eigenvalue weighted by Crippen LogP contribution is 2.40. The summed E-state index contributed by atoms with van der Waals surface area (Å²) >= 11 is 0. The van der Waals surface area contributed by atoms with Gasteiger partial charge in [-0.25, -0.2) is 17.6 Å². The van der Waals surface area contributed by atoms with Crippen molar-refractivity contribution in [1.82, 2.24) is 0 Å². The van der Waals surface area contributed by atoms with Crippen molar-refractivity contribution in [2.75, 3.05) is 14.2 Å². The Bertz CT molecular complexity index is 1160. The molecule has 162 valence electrons. The molecule has 0 aliphatic heterocycles. The number of hydrogen-bond acceptors (Lipinski definition) is 2. The molecular weight excluding hydrogens is 420 g/mol. The third kappa shape index (κ3) is 3.80. The second kappa shape index (κ2) is 8.75. The van der Waals surface area contributed by atoms with Gasteiger partial charge in [-0.05, 0) is 59.7 Å². The van der Waals surface area contributed by atoms with Crippen LogP contribution in [0.25, 0.3) is 33.4 Å². The summed E-state index contributed by atoms with van der Waals surface area (Å²) in [6.07, 6.45) is 0. The van der Waals surface area contributed by atoms with Crippen LogP contribution in [0.3, 0.4) is 0 Å². The van der Waals surface area contributed by atoms with Gasteiger partial charge in [0.15, 0.2) is 0 Å². The summed E-state index contributed by atoms with van der Waals surface area (Å²) in [5.41, 5.74) is 1.14. The Balaban J connectivity index is 1.92. The van der Waals surface area contributed by atoms with E-state index in [1.54, 1.807) is 36.4 Å². The van der Waals surface area contributed by atoms with E-state index in [0.717, 1.165) is 24.3 Å². The van der Waals surface area contributed by atoms with Crippen molar-refractivity contribution in [3.63, 3.8) is 0 Å². The van der Waals surface area contributed by atoms with Gasteiger partial charge in [0.2, 0.25) is 0 Å². The summed E-state index contributed by atoms with van der Waals surface area (Å²) in [7, 11) is 2.81. The van der Waals surface area contributed by atoms with Gasteiger partial charge in [0.05, 0.1) is 25.3 Å². The Morgan fingerprint density at radius 2 is 0.844 bits per heavy atom. The normalized spacial score (nSPS) is 10.8. The van der Waals surface area contributed by atoms with Crippen LogP contribution in [0.5, 0.6) is 11.5 Å². The van der Waals surface area contributed by atoms with Crippen molar-refractivity contribution in [2.45, 2.75) is 0 Å². The molecule has 0 aliphatic rings. The van der Waals surface area contributed by atoms with Crippen molar-refractivity contribution in [2.24, 2.45) is 0 Å². The lowest BCUT2D eigenvalue weighted by Gasteiger charge is -2.15. The predicted molar refractivity (Wildman–Crippen MR) is 116 cm³/mol. The molecule has 0 atom stereocenters. The van der Waals surface area contributed by atoms with E-state index < -0.39 is 23.3 Å². The van der Waals surface area contributed by atoms with E-state index in [0.29, 0.717) is 11.1 Å². The van der Waals surface area contributed by atoms with Crippen LogP contribution in [-0.4, -0.2) is 14.2 Å². The highest BCUT2D eigenvalue weighted by Gasteiger charge is 2.19. The Labute approximate surface area is 182 Å². The van der Waals surface area contributed by atoms with Crippen molar-refractivity contribution in [3.8, 4) is 44.9 Å². The average molecular weight is 438 g/mol. The molecule has 0 aliphatic carbocycles. The van der Waals surface area contributed by atoms with Crippen molar-refractivity contribution in [1.29, 1.82) is 0 Å². The molecule has 0 saturated heterocycles. The van der Waals surface area contributed by atoms with Crippen molar-refractivity contribution in [3.05, 3.63) is 96.1 Å². The zero-order valence-corrected chi connectivity index (χ0v) is 17.3. The largest absolute Gasteiger partial charge is 0.496 e. The first-order valence-corrected chi connectivity index (χ1v) is 9.69. The topological polar surface area (TPSA) is 18.5 Å². The number of hydrogen-bond donors (Lipinski definition) is 0. The molecule has 4 rings (SSSR count). The first-order chi connectivity index (χ1) is 15.4. The number of methoxy groups -OCH3 is 2. The summed E-state index contributed by atoms with van der Waals surface area (Å²) in [6, 6.07) is 16.9. The lowest BCUT2D eigenvalue weighted by molar-refractivity contribution is 0.415. The molecule has 4 aromatic rings. The number of rotatable bonds is 5. The predicted octanol–water partition coefficient (Wildman–Crippen LogP) is 7.26. The summed E-state index contributed by atoms with van der Waals surface area (Å²) in [6.45, 7) is 0. The molecule has 0 saturated carbocycles. The van der Waals surface area contributed by atoms with E-state index in [2.05, 4.69) is 0 Å². The second-order valence-electron chi connectivity index (χ2n) is 7.02. The fourth-order valence-corrected chi connectivity index (χ4v) is 3.68. The van der Waals surface area contributed by atoms with E-state index in [1.807, 2.05) is 0 Å². The van der Waals surface area contributed by atoms with Crippen molar-refractivity contribution < 1.29 is 27.0 Å². The average Bonchev–Trinajstić information content (AvgIpc) is 2.78. The maximum absolute atomic E-state index is 14.5. The van der Waals surface area contributed by atoms with E-state index in [1.165, 1.54) is 26.4 Å². The molecule has 0 bridgehead atoms. The fourth-order valence-electron chi connectivity index (χ4n) is 3.68. The molecule has 0 amide bonds. The van der Waals surface area contributed by atoms with E-state index in [-0.39, 0.29) is 33.8 Å². The fraction of sp³-hybridized carbons (Fsp3) is 0.0769. The molecular formula is C26H18F4O2. The minimum atomic E-state index is -0.732. The quantitative estimate of drug-likeness (QED) is 0.305. The molecule has 0 fully saturated rings.